The van der Waals surface area contributed by atoms with E-state index in [-0.39, 0.29) is 12.1 Å². The Hall–Kier alpha value is -4.32. The fourth-order valence-corrected chi connectivity index (χ4v) is 5.16. The maximum Gasteiger partial charge on any atom is 0.247 e. The molecule has 11 nitrogen and oxygen atoms in total. The van der Waals surface area contributed by atoms with Crippen molar-refractivity contribution in [3.63, 3.8) is 0 Å². The number of para-hydroxylation sites is 1. The number of benzene rings is 2. The van der Waals surface area contributed by atoms with E-state index in [1.165, 1.54) is 6.08 Å². The Morgan fingerprint density at radius 1 is 1.28 bits per heavy atom. The van der Waals surface area contributed by atoms with E-state index in [4.69, 9.17) is 35.5 Å². The average molecular weight is 607 g/mol. The van der Waals surface area contributed by atoms with Crippen LogP contribution in [-0.2, 0) is 16.1 Å². The van der Waals surface area contributed by atoms with Gasteiger partial charge in [-0.25, -0.2) is 9.97 Å². The molecule has 226 valence electrons. The van der Waals surface area contributed by atoms with Crippen LogP contribution < -0.4 is 24.8 Å². The highest BCUT2D eigenvalue weighted by molar-refractivity contribution is 6.33. The predicted octanol–water partition coefficient (Wildman–Crippen LogP) is 5.37. The molecule has 0 spiro atoms. The summed E-state index contributed by atoms with van der Waals surface area (Å²) in [6, 6.07) is 9.35. The maximum atomic E-state index is 12.4. The van der Waals surface area contributed by atoms with Crippen molar-refractivity contribution in [3.8, 4) is 28.5 Å². The Labute approximate surface area is 255 Å². The summed E-state index contributed by atoms with van der Waals surface area (Å²) in [5.74, 6) is 1.59. The minimum absolute atomic E-state index is 0.289. The number of nitrogens with zero attached hydrogens (tertiary/aromatic N) is 4. The highest BCUT2D eigenvalue weighted by Gasteiger charge is 2.22. The van der Waals surface area contributed by atoms with Gasteiger partial charge in [0, 0.05) is 36.4 Å². The summed E-state index contributed by atoms with van der Waals surface area (Å²) in [5, 5.41) is 7.45. The molecule has 2 N–H and O–H groups in total. The zero-order valence-corrected chi connectivity index (χ0v) is 25.4. The molecule has 0 bridgehead atoms. The third-order valence-electron chi connectivity index (χ3n) is 6.81. The molecule has 1 aliphatic rings. The van der Waals surface area contributed by atoms with Crippen LogP contribution in [0, 0.1) is 0 Å². The van der Waals surface area contributed by atoms with E-state index < -0.39 is 5.91 Å². The van der Waals surface area contributed by atoms with Crippen LogP contribution in [0.1, 0.15) is 6.92 Å². The number of aromatic nitrogens is 3. The van der Waals surface area contributed by atoms with Crippen LogP contribution >= 0.6 is 11.6 Å². The highest BCUT2D eigenvalue weighted by atomic mass is 35.5. The van der Waals surface area contributed by atoms with Crippen LogP contribution in [0.4, 0.5) is 17.3 Å². The summed E-state index contributed by atoms with van der Waals surface area (Å²) in [6.45, 7) is 8.35. The molecule has 0 fully saturated rings. The second-order valence-corrected chi connectivity index (χ2v) is 10.6. The maximum absolute atomic E-state index is 12.4. The van der Waals surface area contributed by atoms with Gasteiger partial charge in [-0.2, -0.15) is 0 Å². The number of ether oxygens (including phenoxy) is 4. The number of carbonyl (C=O) groups excluding carboxylic acids is 1. The van der Waals surface area contributed by atoms with Crippen LogP contribution in [0.3, 0.4) is 0 Å². The van der Waals surface area contributed by atoms with E-state index in [1.54, 1.807) is 25.4 Å². The standard InChI is InChI=1S/C31H35ClN6O5/c1-6-28(39)34-24-13-23(26(40-5)14-27(24)43-19(16-37(3)4)18-41-7-2)35-31-33-15-22(32)29(36-31)21-17-38-11-12-42-25-10-8-9-20(21)30(25)38/h6,8-10,13-15,17,19H,1,7,11-12,16,18H2,2-5H3,(H,34,39)(H,33,35,36). The average Bonchev–Trinajstić information content (AvgIpc) is 3.37. The van der Waals surface area contributed by atoms with Crippen LogP contribution in [-0.4, -0.2) is 79.0 Å². The van der Waals surface area contributed by atoms with Gasteiger partial charge >= 0.3 is 0 Å². The zero-order chi connectivity index (χ0) is 30.5. The van der Waals surface area contributed by atoms with Crippen molar-refractivity contribution in [2.75, 3.05) is 58.2 Å². The summed E-state index contributed by atoms with van der Waals surface area (Å²) in [4.78, 5) is 23.6. The molecule has 0 radical (unpaired) electrons. The number of anilines is 3. The number of rotatable bonds is 13. The monoisotopic (exact) mass is 606 g/mol. The van der Waals surface area contributed by atoms with Crippen LogP contribution in [0.2, 0.25) is 5.02 Å². The Balaban J connectivity index is 1.51. The number of likely N-dealkylation sites (N-methyl/N-ethyl adjacent to an activating group) is 1. The lowest BCUT2D eigenvalue weighted by Crippen LogP contribution is -2.35. The zero-order valence-electron chi connectivity index (χ0n) is 24.6. The molecule has 12 heteroatoms. The molecule has 1 aliphatic heterocycles. The lowest BCUT2D eigenvalue weighted by atomic mass is 10.1. The second-order valence-electron chi connectivity index (χ2n) is 10.2. The van der Waals surface area contributed by atoms with Crippen molar-refractivity contribution in [1.29, 1.82) is 0 Å². The third kappa shape index (κ3) is 6.69. The van der Waals surface area contributed by atoms with Gasteiger partial charge in [0.25, 0.3) is 0 Å². The first-order valence-electron chi connectivity index (χ1n) is 13.9. The summed E-state index contributed by atoms with van der Waals surface area (Å²) in [5.41, 5.74) is 3.37. The van der Waals surface area contributed by atoms with E-state index >= 15 is 0 Å². The van der Waals surface area contributed by atoms with Crippen LogP contribution in [0.5, 0.6) is 17.2 Å². The number of amides is 1. The topological polar surface area (TPSA) is 112 Å². The van der Waals surface area contributed by atoms with Crippen molar-refractivity contribution >= 4 is 45.7 Å². The van der Waals surface area contributed by atoms with Gasteiger partial charge in [-0.15, -0.1) is 0 Å². The number of nitrogens with one attached hydrogen (secondary N) is 2. The van der Waals surface area contributed by atoms with Gasteiger partial charge < -0.3 is 39.0 Å². The molecule has 0 saturated carbocycles. The van der Waals surface area contributed by atoms with E-state index in [0.29, 0.717) is 60.0 Å². The van der Waals surface area contributed by atoms with Gasteiger partial charge in [-0.05, 0) is 39.2 Å². The van der Waals surface area contributed by atoms with Crippen molar-refractivity contribution in [1.82, 2.24) is 19.4 Å². The number of hydrogen-bond donors (Lipinski definition) is 2. The van der Waals surface area contributed by atoms with Crippen molar-refractivity contribution < 1.29 is 23.7 Å². The van der Waals surface area contributed by atoms with Crippen molar-refractivity contribution in [2.24, 2.45) is 0 Å². The van der Waals surface area contributed by atoms with Crippen LogP contribution in [0.15, 0.2) is 55.4 Å². The molecule has 43 heavy (non-hydrogen) atoms. The molecule has 0 saturated heterocycles. The Morgan fingerprint density at radius 3 is 2.86 bits per heavy atom. The molecule has 1 atom stereocenters. The second kappa shape index (κ2) is 13.3. The van der Waals surface area contributed by atoms with E-state index in [9.17, 15) is 4.79 Å². The van der Waals surface area contributed by atoms with Gasteiger partial charge in [-0.3, -0.25) is 4.79 Å². The Kier molecular flexibility index (Phi) is 9.34. The van der Waals surface area contributed by atoms with E-state index in [0.717, 1.165) is 28.8 Å². The lowest BCUT2D eigenvalue weighted by Gasteiger charge is -2.24. The smallest absolute Gasteiger partial charge is 0.247 e. The normalized spacial score (nSPS) is 13.0. The third-order valence-corrected chi connectivity index (χ3v) is 7.09. The Bertz CT molecular complexity index is 1640. The van der Waals surface area contributed by atoms with Crippen molar-refractivity contribution in [2.45, 2.75) is 19.6 Å². The molecule has 1 unspecified atom stereocenters. The van der Waals surface area contributed by atoms with Gasteiger partial charge in [-0.1, -0.05) is 30.3 Å². The summed E-state index contributed by atoms with van der Waals surface area (Å²) in [6.07, 6.45) is 4.48. The number of hydrogen-bond acceptors (Lipinski definition) is 9. The first-order valence-corrected chi connectivity index (χ1v) is 14.3. The summed E-state index contributed by atoms with van der Waals surface area (Å²) >= 11 is 6.64. The molecule has 2 aromatic carbocycles. The molecular weight excluding hydrogens is 572 g/mol. The first-order chi connectivity index (χ1) is 20.8. The minimum Gasteiger partial charge on any atom is -0.494 e. The number of halogens is 1. The first kappa shape index (κ1) is 30.1. The summed E-state index contributed by atoms with van der Waals surface area (Å²) in [7, 11) is 5.46. The van der Waals surface area contributed by atoms with Gasteiger partial charge in [0.2, 0.25) is 11.9 Å². The quantitative estimate of drug-likeness (QED) is 0.194. The molecule has 3 heterocycles. The molecule has 5 rings (SSSR count). The van der Waals surface area contributed by atoms with E-state index in [1.807, 2.05) is 50.3 Å². The predicted molar refractivity (Wildman–Crippen MR) is 168 cm³/mol. The van der Waals surface area contributed by atoms with Crippen LogP contribution in [0.25, 0.3) is 22.2 Å². The lowest BCUT2D eigenvalue weighted by molar-refractivity contribution is -0.111. The minimum atomic E-state index is -0.392. The Morgan fingerprint density at radius 2 is 2.12 bits per heavy atom. The molecule has 1 amide bonds. The molecule has 4 aromatic rings. The SMILES string of the molecule is C=CC(=O)Nc1cc(Nc2ncc(Cl)c(-c3cn4c5c(cccc35)OCC4)n2)c(OC)cc1OC(COCC)CN(C)C. The highest BCUT2D eigenvalue weighted by Crippen LogP contribution is 2.41. The molecule has 2 aromatic heterocycles. The van der Waals surface area contributed by atoms with Gasteiger partial charge in [0.15, 0.2) is 0 Å². The number of carbonyl (C=O) groups is 1. The fourth-order valence-electron chi connectivity index (χ4n) is 4.96. The fraction of sp³-hybridized carbons (Fsp3) is 0.323. The summed E-state index contributed by atoms with van der Waals surface area (Å²) < 4.78 is 25.7. The van der Waals surface area contributed by atoms with E-state index in [2.05, 4.69) is 26.8 Å². The number of methoxy groups -OCH3 is 1. The molecule has 0 aliphatic carbocycles. The molecular formula is C31H35ClN6O5. The van der Waals surface area contributed by atoms with Gasteiger partial charge in [0.1, 0.15) is 30.0 Å². The van der Waals surface area contributed by atoms with Crippen molar-refractivity contribution in [3.05, 3.63) is 60.4 Å². The largest absolute Gasteiger partial charge is 0.494 e. The van der Waals surface area contributed by atoms with Gasteiger partial charge in [0.05, 0.1) is 54.1 Å².